The molecule has 0 atom stereocenters. The highest BCUT2D eigenvalue weighted by Crippen LogP contribution is 2.38. The van der Waals surface area contributed by atoms with Crippen molar-refractivity contribution in [3.8, 4) is 0 Å². The Labute approximate surface area is 118 Å². The van der Waals surface area contributed by atoms with Crippen LogP contribution in [0.25, 0.3) is 0 Å². The first-order valence-electron chi connectivity index (χ1n) is 6.46. The summed E-state index contributed by atoms with van der Waals surface area (Å²) in [6, 6.07) is 1.24. The van der Waals surface area contributed by atoms with Crippen LogP contribution in [0.15, 0.2) is 12.1 Å². The summed E-state index contributed by atoms with van der Waals surface area (Å²) in [5, 5.41) is 22.1. The van der Waals surface area contributed by atoms with Crippen LogP contribution in [0.2, 0.25) is 0 Å². The number of rotatable bonds is 5. The average Bonchev–Trinajstić information content (AvgIpc) is 2.81. The highest BCUT2D eigenvalue weighted by atomic mass is 19.1. The maximum absolute atomic E-state index is 13.9. The average molecular weight is 300 g/mol. The molecule has 0 heterocycles. The second-order valence-electron chi connectivity index (χ2n) is 5.22. The van der Waals surface area contributed by atoms with Gasteiger partial charge in [0.1, 0.15) is 5.69 Å². The fourth-order valence-electron chi connectivity index (χ4n) is 2.74. The van der Waals surface area contributed by atoms with Crippen molar-refractivity contribution in [2.45, 2.75) is 37.6 Å². The largest absolute Gasteiger partial charge is 0.481 e. The Morgan fingerprint density at radius 3 is 2.29 bits per heavy atom. The first-order chi connectivity index (χ1) is 9.83. The van der Waals surface area contributed by atoms with Gasteiger partial charge in [-0.05, 0) is 12.8 Å². The molecule has 0 radical (unpaired) electrons. The van der Waals surface area contributed by atoms with Crippen molar-refractivity contribution in [3.05, 3.63) is 33.9 Å². The van der Waals surface area contributed by atoms with E-state index in [4.69, 9.17) is 5.11 Å². The lowest BCUT2D eigenvalue weighted by Gasteiger charge is -2.30. The number of nitro benzene ring substituents is 1. The summed E-state index contributed by atoms with van der Waals surface area (Å²) in [7, 11) is 0. The number of halogens is 2. The Hall–Kier alpha value is -2.25. The normalized spacial score (nSPS) is 16.7. The maximum Gasteiger partial charge on any atom is 0.305 e. The van der Waals surface area contributed by atoms with E-state index in [0.29, 0.717) is 25.0 Å². The van der Waals surface area contributed by atoms with Crippen molar-refractivity contribution >= 4 is 17.3 Å². The molecule has 8 heteroatoms. The Kier molecular flexibility index (Phi) is 4.06. The lowest BCUT2D eigenvalue weighted by Crippen LogP contribution is -2.38. The van der Waals surface area contributed by atoms with Crippen LogP contribution < -0.4 is 5.32 Å². The van der Waals surface area contributed by atoms with E-state index in [0.717, 1.165) is 12.8 Å². The van der Waals surface area contributed by atoms with Crippen LogP contribution >= 0.6 is 0 Å². The summed E-state index contributed by atoms with van der Waals surface area (Å²) in [5.74, 6) is -3.26. The van der Waals surface area contributed by atoms with Crippen molar-refractivity contribution < 1.29 is 23.6 Å². The number of benzene rings is 1. The molecule has 6 nitrogen and oxygen atoms in total. The highest BCUT2D eigenvalue weighted by Gasteiger charge is 2.37. The zero-order chi connectivity index (χ0) is 15.6. The van der Waals surface area contributed by atoms with E-state index >= 15 is 0 Å². The molecule has 0 amide bonds. The van der Waals surface area contributed by atoms with E-state index < -0.39 is 39.4 Å². The summed E-state index contributed by atoms with van der Waals surface area (Å²) in [6.07, 6.45) is 2.22. The molecule has 1 aliphatic carbocycles. The van der Waals surface area contributed by atoms with Gasteiger partial charge in [-0.1, -0.05) is 12.8 Å². The predicted octanol–water partition coefficient (Wildman–Crippen LogP) is 3.07. The van der Waals surface area contributed by atoms with Crippen LogP contribution in [0.4, 0.5) is 20.2 Å². The maximum atomic E-state index is 13.9. The van der Waals surface area contributed by atoms with Crippen molar-refractivity contribution in [2.24, 2.45) is 0 Å². The Bertz CT molecular complexity index is 563. The SMILES string of the molecule is O=C(O)CC1(Nc2c(F)cc([N+](=O)[O-])cc2F)CCCC1. The molecule has 21 heavy (non-hydrogen) atoms. The van der Waals surface area contributed by atoms with Gasteiger partial charge in [0.05, 0.1) is 23.5 Å². The van der Waals surface area contributed by atoms with Gasteiger partial charge in [-0.3, -0.25) is 14.9 Å². The Morgan fingerprint density at radius 2 is 1.86 bits per heavy atom. The summed E-state index contributed by atoms with van der Waals surface area (Å²) in [4.78, 5) is 20.6. The van der Waals surface area contributed by atoms with Gasteiger partial charge in [0.15, 0.2) is 11.6 Å². The van der Waals surface area contributed by atoms with Crippen LogP contribution in [0.3, 0.4) is 0 Å². The number of carboxylic acids is 1. The van der Waals surface area contributed by atoms with E-state index in [1.807, 2.05) is 0 Å². The van der Waals surface area contributed by atoms with Crippen LogP contribution in [-0.2, 0) is 4.79 Å². The summed E-state index contributed by atoms with van der Waals surface area (Å²) in [5.41, 5.74) is -2.11. The van der Waals surface area contributed by atoms with Gasteiger partial charge in [-0.25, -0.2) is 8.78 Å². The first kappa shape index (κ1) is 15.1. The van der Waals surface area contributed by atoms with Gasteiger partial charge < -0.3 is 10.4 Å². The minimum Gasteiger partial charge on any atom is -0.481 e. The number of non-ortho nitro benzene ring substituents is 1. The monoisotopic (exact) mass is 300 g/mol. The molecular weight excluding hydrogens is 286 g/mol. The molecule has 114 valence electrons. The number of nitrogens with one attached hydrogen (secondary N) is 1. The van der Waals surface area contributed by atoms with E-state index in [2.05, 4.69) is 5.32 Å². The lowest BCUT2D eigenvalue weighted by atomic mass is 9.92. The van der Waals surface area contributed by atoms with Gasteiger partial charge in [-0.15, -0.1) is 0 Å². The molecule has 1 aliphatic rings. The third-order valence-electron chi connectivity index (χ3n) is 3.68. The quantitative estimate of drug-likeness (QED) is 0.644. The fraction of sp³-hybridized carbons (Fsp3) is 0.462. The Balaban J connectivity index is 2.33. The van der Waals surface area contributed by atoms with Gasteiger partial charge >= 0.3 is 5.97 Å². The number of carbonyl (C=O) groups is 1. The third-order valence-corrected chi connectivity index (χ3v) is 3.68. The molecule has 0 bridgehead atoms. The number of nitro groups is 1. The molecule has 0 unspecified atom stereocenters. The van der Waals surface area contributed by atoms with Crippen LogP contribution in [0.1, 0.15) is 32.1 Å². The molecule has 0 spiro atoms. The third kappa shape index (κ3) is 3.26. The van der Waals surface area contributed by atoms with Crippen molar-refractivity contribution in [1.29, 1.82) is 0 Å². The Morgan fingerprint density at radius 1 is 1.33 bits per heavy atom. The predicted molar refractivity (Wildman–Crippen MR) is 70.1 cm³/mol. The second-order valence-corrected chi connectivity index (χ2v) is 5.22. The van der Waals surface area contributed by atoms with Gasteiger partial charge in [0, 0.05) is 5.54 Å². The van der Waals surface area contributed by atoms with E-state index in [1.165, 1.54) is 0 Å². The molecule has 1 aromatic rings. The van der Waals surface area contributed by atoms with Gasteiger partial charge in [-0.2, -0.15) is 0 Å². The minimum atomic E-state index is -1.10. The van der Waals surface area contributed by atoms with Crippen molar-refractivity contribution in [2.75, 3.05) is 5.32 Å². The molecule has 0 aromatic heterocycles. The molecule has 2 rings (SSSR count). The van der Waals surface area contributed by atoms with Crippen molar-refractivity contribution in [1.82, 2.24) is 0 Å². The van der Waals surface area contributed by atoms with E-state index in [1.54, 1.807) is 0 Å². The van der Waals surface area contributed by atoms with E-state index in [-0.39, 0.29) is 6.42 Å². The fourth-order valence-corrected chi connectivity index (χ4v) is 2.74. The van der Waals surface area contributed by atoms with Crippen LogP contribution in [0, 0.1) is 21.7 Å². The molecule has 1 saturated carbocycles. The summed E-state index contributed by atoms with van der Waals surface area (Å²) >= 11 is 0. The number of hydrogen-bond donors (Lipinski definition) is 2. The highest BCUT2D eigenvalue weighted by molar-refractivity contribution is 5.70. The molecule has 2 N–H and O–H groups in total. The summed E-state index contributed by atoms with van der Waals surface area (Å²) < 4.78 is 27.8. The second kappa shape index (κ2) is 5.63. The zero-order valence-corrected chi connectivity index (χ0v) is 11.1. The first-order valence-corrected chi connectivity index (χ1v) is 6.46. The number of anilines is 1. The molecule has 1 aromatic carbocycles. The minimum absolute atomic E-state index is 0.261. The summed E-state index contributed by atoms with van der Waals surface area (Å²) in [6.45, 7) is 0. The standard InChI is InChI=1S/C13H14F2N2O4/c14-9-5-8(17(20)21)6-10(15)12(9)16-13(7-11(18)19)3-1-2-4-13/h5-6,16H,1-4,7H2,(H,18,19). The van der Waals surface area contributed by atoms with Gasteiger partial charge in [0.25, 0.3) is 5.69 Å². The molecule has 0 saturated heterocycles. The molecular formula is C13H14F2N2O4. The number of hydrogen-bond acceptors (Lipinski definition) is 4. The van der Waals surface area contributed by atoms with Crippen LogP contribution in [0.5, 0.6) is 0 Å². The molecule has 1 fully saturated rings. The van der Waals surface area contributed by atoms with Gasteiger partial charge in [0.2, 0.25) is 0 Å². The number of nitrogens with zero attached hydrogens (tertiary/aromatic N) is 1. The number of aliphatic carboxylic acids is 1. The topological polar surface area (TPSA) is 92.5 Å². The van der Waals surface area contributed by atoms with E-state index in [9.17, 15) is 23.7 Å². The smallest absolute Gasteiger partial charge is 0.305 e. The molecule has 0 aliphatic heterocycles. The number of carboxylic acid groups (broad SMARTS) is 1. The van der Waals surface area contributed by atoms with Crippen LogP contribution in [-0.4, -0.2) is 21.5 Å². The zero-order valence-electron chi connectivity index (χ0n) is 11.1. The lowest BCUT2D eigenvalue weighted by molar-refractivity contribution is -0.385. The van der Waals surface area contributed by atoms with Crippen molar-refractivity contribution in [3.63, 3.8) is 0 Å².